The molecule has 0 radical (unpaired) electrons. The van der Waals surface area contributed by atoms with E-state index >= 15 is 0 Å². The molecular formula is C27H23NO4. The second-order valence-corrected chi connectivity index (χ2v) is 8.82. The van der Waals surface area contributed by atoms with Gasteiger partial charge in [0.15, 0.2) is 5.78 Å². The van der Waals surface area contributed by atoms with Gasteiger partial charge in [0.1, 0.15) is 22.8 Å². The van der Waals surface area contributed by atoms with Crippen molar-refractivity contribution in [1.29, 1.82) is 0 Å². The van der Waals surface area contributed by atoms with Crippen LogP contribution in [0.4, 0.5) is 0 Å². The highest BCUT2D eigenvalue weighted by Gasteiger charge is 2.45. The lowest BCUT2D eigenvalue weighted by Gasteiger charge is -2.44. The average molecular weight is 425 g/mol. The smallest absolute Gasteiger partial charge is 0.234 e. The van der Waals surface area contributed by atoms with Crippen LogP contribution in [0.15, 0.2) is 72.8 Å². The summed E-state index contributed by atoms with van der Waals surface area (Å²) >= 11 is 0. The molecule has 6 rings (SSSR count). The van der Waals surface area contributed by atoms with Gasteiger partial charge >= 0.3 is 0 Å². The Balaban J connectivity index is 1.26. The predicted octanol–water partition coefficient (Wildman–Crippen LogP) is 4.95. The molecule has 1 spiro atoms. The Kier molecular flexibility index (Phi) is 4.32. The summed E-state index contributed by atoms with van der Waals surface area (Å²) in [4.78, 5) is 28.4. The molecule has 3 aromatic rings. The summed E-state index contributed by atoms with van der Waals surface area (Å²) in [6.07, 6.45) is 1.66. The van der Waals surface area contributed by atoms with Crippen LogP contribution in [-0.4, -0.2) is 35.3 Å². The van der Waals surface area contributed by atoms with Gasteiger partial charge in [0.2, 0.25) is 5.91 Å². The molecule has 3 heterocycles. The average Bonchev–Trinajstić information content (AvgIpc) is 2.82. The van der Waals surface area contributed by atoms with E-state index in [9.17, 15) is 9.59 Å². The Hall–Kier alpha value is -3.60. The minimum absolute atomic E-state index is 0.0746. The number of fused-ring (bicyclic) bond motifs is 3. The van der Waals surface area contributed by atoms with Crippen LogP contribution < -0.4 is 9.47 Å². The molecule has 0 saturated carbocycles. The largest absolute Gasteiger partial charge is 0.486 e. The van der Waals surface area contributed by atoms with Crippen LogP contribution in [0.1, 0.15) is 46.7 Å². The zero-order chi connectivity index (χ0) is 21.7. The molecule has 3 aliphatic heterocycles. The van der Waals surface area contributed by atoms with Gasteiger partial charge in [-0.1, -0.05) is 48.5 Å². The Morgan fingerprint density at radius 3 is 2.03 bits per heavy atom. The third kappa shape index (κ3) is 3.00. The molecule has 0 unspecified atom stereocenters. The number of ketones is 1. The molecule has 160 valence electrons. The molecule has 5 nitrogen and oxygen atoms in total. The fourth-order valence-electron chi connectivity index (χ4n) is 5.22. The highest BCUT2D eigenvalue weighted by atomic mass is 16.5. The second kappa shape index (κ2) is 7.23. The van der Waals surface area contributed by atoms with Gasteiger partial charge in [0.25, 0.3) is 0 Å². The van der Waals surface area contributed by atoms with E-state index in [2.05, 4.69) is 0 Å². The maximum Gasteiger partial charge on any atom is 0.234 e. The normalized spacial score (nSPS) is 18.8. The number of hydrogen-bond donors (Lipinski definition) is 0. The van der Waals surface area contributed by atoms with Gasteiger partial charge in [-0.2, -0.15) is 0 Å². The van der Waals surface area contributed by atoms with Gasteiger partial charge < -0.3 is 14.4 Å². The van der Waals surface area contributed by atoms with Crippen molar-refractivity contribution in [3.05, 3.63) is 89.5 Å². The van der Waals surface area contributed by atoms with Crippen molar-refractivity contribution in [2.75, 3.05) is 13.1 Å². The van der Waals surface area contributed by atoms with Gasteiger partial charge in [0.05, 0.1) is 17.9 Å². The minimum Gasteiger partial charge on any atom is -0.486 e. The van der Waals surface area contributed by atoms with Gasteiger partial charge in [0, 0.05) is 37.1 Å². The fraction of sp³-hybridized carbons (Fsp3) is 0.259. The van der Waals surface area contributed by atoms with Crippen LogP contribution in [0.5, 0.6) is 17.2 Å². The quantitative estimate of drug-likeness (QED) is 0.554. The van der Waals surface area contributed by atoms with Crippen LogP contribution in [0, 0.1) is 0 Å². The van der Waals surface area contributed by atoms with Crippen molar-refractivity contribution < 1.29 is 19.1 Å². The van der Waals surface area contributed by atoms with Gasteiger partial charge in [-0.3, -0.25) is 9.59 Å². The van der Waals surface area contributed by atoms with E-state index in [0.717, 1.165) is 22.6 Å². The molecule has 32 heavy (non-hydrogen) atoms. The molecule has 0 aromatic heterocycles. The van der Waals surface area contributed by atoms with E-state index < -0.39 is 5.60 Å². The van der Waals surface area contributed by atoms with Crippen molar-refractivity contribution in [3.63, 3.8) is 0 Å². The van der Waals surface area contributed by atoms with Crippen molar-refractivity contribution >= 4 is 11.7 Å². The monoisotopic (exact) mass is 425 g/mol. The molecule has 0 N–H and O–H groups in total. The number of benzene rings is 3. The molecular weight excluding hydrogens is 402 g/mol. The Bertz CT molecular complexity index is 1180. The lowest BCUT2D eigenvalue weighted by molar-refractivity contribution is -0.135. The third-order valence-electron chi connectivity index (χ3n) is 6.91. The van der Waals surface area contributed by atoms with Gasteiger partial charge in [-0.25, -0.2) is 0 Å². The Morgan fingerprint density at radius 2 is 1.38 bits per heavy atom. The number of ether oxygens (including phenoxy) is 2. The standard InChI is InChI=1S/C27H23NO4/c29-21-17-27(32-24-12-6-1-7-18(21)24)13-15-28(16-14-27)26(30)25-19-8-2-4-10-22(19)31-23-11-5-3-9-20(23)25/h1-12,25H,13-17H2. The van der Waals surface area contributed by atoms with E-state index in [0.29, 0.717) is 43.7 Å². The maximum absolute atomic E-state index is 13.8. The first-order chi connectivity index (χ1) is 15.6. The molecule has 0 atom stereocenters. The summed E-state index contributed by atoms with van der Waals surface area (Å²) in [5.74, 6) is 1.94. The number of para-hydroxylation sites is 3. The molecule has 1 saturated heterocycles. The van der Waals surface area contributed by atoms with Gasteiger partial charge in [-0.05, 0) is 24.3 Å². The number of likely N-dealkylation sites (tertiary alicyclic amines) is 1. The van der Waals surface area contributed by atoms with Crippen LogP contribution in [-0.2, 0) is 4.79 Å². The summed E-state index contributed by atoms with van der Waals surface area (Å²) in [6.45, 7) is 1.13. The summed E-state index contributed by atoms with van der Waals surface area (Å²) in [5.41, 5.74) is 1.93. The number of carbonyl (C=O) groups excluding carboxylic acids is 2. The van der Waals surface area contributed by atoms with E-state index in [1.54, 1.807) is 0 Å². The van der Waals surface area contributed by atoms with Crippen molar-refractivity contribution in [3.8, 4) is 17.2 Å². The minimum atomic E-state index is -0.520. The first-order valence-corrected chi connectivity index (χ1v) is 11.1. The first-order valence-electron chi connectivity index (χ1n) is 11.1. The molecule has 1 fully saturated rings. The highest BCUT2D eigenvalue weighted by Crippen LogP contribution is 2.46. The summed E-state index contributed by atoms with van der Waals surface area (Å²) in [5, 5.41) is 0. The second-order valence-electron chi connectivity index (χ2n) is 8.82. The predicted molar refractivity (Wildman–Crippen MR) is 119 cm³/mol. The zero-order valence-electron chi connectivity index (χ0n) is 17.6. The lowest BCUT2D eigenvalue weighted by atomic mass is 9.81. The number of rotatable bonds is 1. The maximum atomic E-state index is 13.8. The Morgan fingerprint density at radius 1 is 0.812 bits per heavy atom. The van der Waals surface area contributed by atoms with Crippen LogP contribution in [0.25, 0.3) is 0 Å². The molecule has 0 bridgehead atoms. The summed E-state index contributed by atoms with van der Waals surface area (Å²) in [6, 6.07) is 22.9. The van der Waals surface area contributed by atoms with E-state index in [1.165, 1.54) is 0 Å². The van der Waals surface area contributed by atoms with Crippen LogP contribution >= 0.6 is 0 Å². The third-order valence-corrected chi connectivity index (χ3v) is 6.91. The first kappa shape index (κ1) is 19.1. The van der Waals surface area contributed by atoms with Crippen molar-refractivity contribution in [2.24, 2.45) is 0 Å². The van der Waals surface area contributed by atoms with Crippen LogP contribution in [0.3, 0.4) is 0 Å². The van der Waals surface area contributed by atoms with Gasteiger partial charge in [-0.15, -0.1) is 0 Å². The highest BCUT2D eigenvalue weighted by molar-refractivity contribution is 6.00. The number of amides is 1. The number of piperidine rings is 1. The molecule has 5 heteroatoms. The van der Waals surface area contributed by atoms with E-state index in [1.807, 2.05) is 77.7 Å². The molecule has 3 aromatic carbocycles. The van der Waals surface area contributed by atoms with Crippen molar-refractivity contribution in [2.45, 2.75) is 30.8 Å². The van der Waals surface area contributed by atoms with E-state index in [4.69, 9.17) is 9.47 Å². The number of hydrogen-bond acceptors (Lipinski definition) is 4. The molecule has 3 aliphatic rings. The van der Waals surface area contributed by atoms with Crippen molar-refractivity contribution in [1.82, 2.24) is 4.90 Å². The zero-order valence-corrected chi connectivity index (χ0v) is 17.6. The molecule has 1 amide bonds. The topological polar surface area (TPSA) is 55.8 Å². The van der Waals surface area contributed by atoms with Crippen LogP contribution in [0.2, 0.25) is 0 Å². The summed E-state index contributed by atoms with van der Waals surface area (Å²) < 4.78 is 12.4. The fourth-order valence-corrected chi connectivity index (χ4v) is 5.22. The lowest BCUT2D eigenvalue weighted by Crippen LogP contribution is -2.53. The number of nitrogens with zero attached hydrogens (tertiary/aromatic N) is 1. The molecule has 0 aliphatic carbocycles. The van der Waals surface area contributed by atoms with E-state index in [-0.39, 0.29) is 17.6 Å². The summed E-state index contributed by atoms with van der Waals surface area (Å²) in [7, 11) is 0. The number of Topliss-reactive ketones (excluding diaryl/α,β-unsaturated/α-hetero) is 1. The Labute approximate surface area is 186 Å². The number of carbonyl (C=O) groups is 2. The SMILES string of the molecule is O=C1CC2(CCN(C(=O)C3c4ccccc4Oc4ccccc43)CC2)Oc2ccccc21.